The zero-order valence-electron chi connectivity index (χ0n) is 21.0. The van der Waals surface area contributed by atoms with Gasteiger partial charge in [-0.05, 0) is 67.8 Å². The molecule has 0 radical (unpaired) electrons. The fourth-order valence-electron chi connectivity index (χ4n) is 6.63. The van der Waals surface area contributed by atoms with Crippen LogP contribution in [0.15, 0.2) is 28.7 Å². The third-order valence-electron chi connectivity index (χ3n) is 8.57. The number of phenols is 1. The van der Waals surface area contributed by atoms with E-state index in [0.717, 1.165) is 32.5 Å². The van der Waals surface area contributed by atoms with Gasteiger partial charge in [-0.25, -0.2) is 0 Å². The molecule has 204 valence electrons. The molecule has 0 saturated carbocycles. The lowest BCUT2D eigenvalue weighted by atomic mass is 9.60. The summed E-state index contributed by atoms with van der Waals surface area (Å²) in [7, 11) is 1.69. The van der Waals surface area contributed by atoms with Crippen LogP contribution in [0.5, 0.6) is 5.75 Å². The number of carbonyl (C=O) groups is 3. The summed E-state index contributed by atoms with van der Waals surface area (Å²) in [5, 5.41) is 44.0. The number of primary amides is 1. The van der Waals surface area contributed by atoms with E-state index in [-0.39, 0.29) is 36.1 Å². The zero-order valence-corrected chi connectivity index (χ0v) is 21.8. The Labute approximate surface area is 224 Å². The minimum atomic E-state index is -2.58. The Morgan fingerprint density at radius 3 is 2.53 bits per heavy atom. The van der Waals surface area contributed by atoms with Gasteiger partial charge < -0.3 is 30.9 Å². The molecule has 1 saturated heterocycles. The third kappa shape index (κ3) is 4.02. The number of allylic oxidation sites excluding steroid dienone is 2. The van der Waals surface area contributed by atoms with Crippen LogP contribution in [0.4, 0.5) is 0 Å². The minimum absolute atomic E-state index is 0.0667. The summed E-state index contributed by atoms with van der Waals surface area (Å²) < 4.78 is 5.26. The monoisotopic (exact) mass is 546 g/mol. The van der Waals surface area contributed by atoms with Gasteiger partial charge in [-0.1, -0.05) is 11.6 Å². The number of Topliss-reactive ketones (excluding diaryl/α,β-unsaturated/α-hetero) is 2. The van der Waals surface area contributed by atoms with E-state index in [4.69, 9.17) is 22.1 Å². The summed E-state index contributed by atoms with van der Waals surface area (Å²) in [5.74, 6) is -6.03. The first-order chi connectivity index (χ1) is 18.0. The number of ketones is 2. The first-order valence-corrected chi connectivity index (χ1v) is 13.1. The van der Waals surface area contributed by atoms with Gasteiger partial charge in [0.15, 0.2) is 11.4 Å². The Morgan fingerprint density at radius 2 is 1.89 bits per heavy atom. The van der Waals surface area contributed by atoms with Crippen LogP contribution >= 0.6 is 11.6 Å². The molecule has 1 aromatic carbocycles. The van der Waals surface area contributed by atoms with Crippen LogP contribution in [0.25, 0.3) is 0 Å². The van der Waals surface area contributed by atoms with Crippen LogP contribution in [0.2, 0.25) is 5.02 Å². The lowest BCUT2D eigenvalue weighted by molar-refractivity contribution is -0.144. The maximum Gasteiger partial charge on any atom is 0.255 e. The number of hydrogen-bond acceptors (Lipinski definition) is 9. The second-order valence-corrected chi connectivity index (χ2v) is 11.2. The molecule has 38 heavy (non-hydrogen) atoms. The smallest absolute Gasteiger partial charge is 0.255 e. The summed E-state index contributed by atoms with van der Waals surface area (Å²) in [6.45, 7) is 2.92. The van der Waals surface area contributed by atoms with Gasteiger partial charge in [0.2, 0.25) is 5.78 Å². The Balaban J connectivity index is 1.49. The van der Waals surface area contributed by atoms with Crippen molar-refractivity contribution in [1.29, 1.82) is 0 Å². The molecule has 0 aromatic heterocycles. The lowest BCUT2D eigenvalue weighted by Crippen LogP contribution is -2.57. The van der Waals surface area contributed by atoms with Crippen LogP contribution in [0.1, 0.15) is 47.2 Å². The first-order valence-electron chi connectivity index (χ1n) is 12.7. The van der Waals surface area contributed by atoms with Gasteiger partial charge in [-0.3, -0.25) is 19.3 Å². The minimum Gasteiger partial charge on any atom is -0.511 e. The van der Waals surface area contributed by atoms with Crippen LogP contribution in [0.3, 0.4) is 0 Å². The van der Waals surface area contributed by atoms with E-state index >= 15 is 0 Å². The largest absolute Gasteiger partial charge is 0.511 e. The Bertz CT molecular complexity index is 1300. The van der Waals surface area contributed by atoms with Crippen molar-refractivity contribution in [2.75, 3.05) is 26.8 Å². The van der Waals surface area contributed by atoms with E-state index < -0.39 is 52.0 Å². The molecule has 1 heterocycles. The molecular weight excluding hydrogens is 516 g/mol. The van der Waals surface area contributed by atoms with Crippen LogP contribution in [-0.4, -0.2) is 75.2 Å². The number of aromatic hydroxyl groups is 1. The Kier molecular flexibility index (Phi) is 6.79. The third-order valence-corrected chi connectivity index (χ3v) is 9.04. The van der Waals surface area contributed by atoms with Gasteiger partial charge in [0, 0.05) is 43.2 Å². The van der Waals surface area contributed by atoms with Crippen molar-refractivity contribution >= 4 is 29.1 Å². The quantitative estimate of drug-likeness (QED) is 0.347. The fourth-order valence-corrected chi connectivity index (χ4v) is 6.91. The van der Waals surface area contributed by atoms with E-state index in [0.29, 0.717) is 28.6 Å². The molecule has 4 aliphatic rings. The van der Waals surface area contributed by atoms with Gasteiger partial charge in [0.25, 0.3) is 5.91 Å². The van der Waals surface area contributed by atoms with Gasteiger partial charge in [0.05, 0.1) is 5.56 Å². The average molecular weight is 547 g/mol. The van der Waals surface area contributed by atoms with E-state index in [9.17, 15) is 34.8 Å². The number of phenolic OH excluding ortho intramolecular Hbond substituents is 1. The number of aliphatic hydroxyl groups is 3. The lowest BCUT2D eigenvalue weighted by Gasteiger charge is -2.45. The number of halogens is 1. The van der Waals surface area contributed by atoms with Crippen molar-refractivity contribution < 1.29 is 39.5 Å². The number of nitrogens with two attached hydrogens (primary N) is 1. The van der Waals surface area contributed by atoms with E-state index in [2.05, 4.69) is 4.90 Å². The molecule has 1 aromatic rings. The van der Waals surface area contributed by atoms with Crippen molar-refractivity contribution in [3.8, 4) is 5.75 Å². The van der Waals surface area contributed by atoms with E-state index in [1.165, 1.54) is 6.07 Å². The van der Waals surface area contributed by atoms with Crippen molar-refractivity contribution in [3.63, 3.8) is 0 Å². The molecular formula is C27H31ClN2O8. The SMILES string of the molecule is COCC1CCN(Cc2cc(O)c3c(c2Cl)CC2C[C@H]4CC(O)=C(C(N)=O)C(=O)[C@@]4(O)C(O)=C2C3=O)CC1. The van der Waals surface area contributed by atoms with E-state index in [1.807, 2.05) is 0 Å². The second-order valence-electron chi connectivity index (χ2n) is 10.8. The fraction of sp³-hybridized carbons (Fsp3) is 0.519. The zero-order chi connectivity index (χ0) is 27.5. The number of likely N-dealkylation sites (tertiary alicyclic amines) is 1. The Hall–Kier alpha value is -2.92. The highest BCUT2D eigenvalue weighted by molar-refractivity contribution is 6.33. The predicted octanol–water partition coefficient (Wildman–Crippen LogP) is 2.09. The molecule has 3 atom stereocenters. The van der Waals surface area contributed by atoms with Gasteiger partial charge in [-0.15, -0.1) is 0 Å². The number of benzene rings is 1. The maximum atomic E-state index is 13.6. The summed E-state index contributed by atoms with van der Waals surface area (Å²) in [5.41, 5.74) is 2.71. The molecule has 11 heteroatoms. The number of piperidine rings is 1. The molecule has 6 N–H and O–H groups in total. The molecule has 0 bridgehead atoms. The molecule has 1 aliphatic heterocycles. The van der Waals surface area contributed by atoms with Gasteiger partial charge in [-0.2, -0.15) is 0 Å². The number of hydrogen-bond donors (Lipinski definition) is 5. The highest BCUT2D eigenvalue weighted by atomic mass is 35.5. The van der Waals surface area contributed by atoms with Crippen LogP contribution in [-0.2, 0) is 27.3 Å². The van der Waals surface area contributed by atoms with Gasteiger partial charge >= 0.3 is 0 Å². The number of aliphatic hydroxyl groups excluding tert-OH is 2. The summed E-state index contributed by atoms with van der Waals surface area (Å²) >= 11 is 6.80. The van der Waals surface area contributed by atoms with Gasteiger partial charge in [0.1, 0.15) is 22.8 Å². The van der Waals surface area contributed by atoms with E-state index in [1.54, 1.807) is 7.11 Å². The number of fused-ring (bicyclic) bond motifs is 3. The predicted molar refractivity (Wildman–Crippen MR) is 136 cm³/mol. The maximum absolute atomic E-state index is 13.6. The molecule has 3 aliphatic carbocycles. The second kappa shape index (κ2) is 9.68. The number of amides is 1. The summed E-state index contributed by atoms with van der Waals surface area (Å²) in [6.07, 6.45) is 1.95. The average Bonchev–Trinajstić information content (AvgIpc) is 2.85. The highest BCUT2D eigenvalue weighted by Crippen LogP contribution is 2.52. The molecule has 1 unspecified atom stereocenters. The van der Waals surface area contributed by atoms with Crippen molar-refractivity contribution in [2.24, 2.45) is 23.5 Å². The number of methoxy groups -OCH3 is 1. The number of rotatable bonds is 5. The first kappa shape index (κ1) is 26.7. The van der Waals surface area contributed by atoms with Crippen molar-refractivity contribution in [1.82, 2.24) is 4.90 Å². The van der Waals surface area contributed by atoms with Crippen LogP contribution < -0.4 is 5.73 Å². The number of ether oxygens (including phenoxy) is 1. The number of carbonyl (C=O) groups excluding carboxylic acids is 3. The standard InChI is InChI=1S/C27H31ClN2O8/c1-38-11-12-2-4-30(5-3-12)10-14-8-17(31)20-16(22(14)28)7-13-6-15-9-18(32)21(26(29)36)25(35)27(15,37)24(34)19(13)23(20)33/h8,12-13,15,31-32,34,37H,2-7,9-11H2,1H3,(H2,29,36)/t13?,15-,27-/m0/s1. The molecule has 10 nitrogen and oxygen atoms in total. The molecule has 1 fully saturated rings. The summed E-state index contributed by atoms with van der Waals surface area (Å²) in [4.78, 5) is 40.6. The molecule has 5 rings (SSSR count). The van der Waals surface area contributed by atoms with Crippen molar-refractivity contribution in [3.05, 3.63) is 50.4 Å². The van der Waals surface area contributed by atoms with Crippen molar-refractivity contribution in [2.45, 2.75) is 44.2 Å². The Morgan fingerprint density at radius 1 is 1.21 bits per heavy atom. The van der Waals surface area contributed by atoms with Crippen LogP contribution in [0, 0.1) is 17.8 Å². The highest BCUT2D eigenvalue weighted by Gasteiger charge is 2.59. The molecule has 0 spiro atoms. The summed E-state index contributed by atoms with van der Waals surface area (Å²) in [6, 6.07) is 1.45. The normalized spacial score (nSPS) is 28.3. The molecule has 1 amide bonds. The topological polar surface area (TPSA) is 171 Å². The number of nitrogens with zero attached hydrogens (tertiary/aromatic N) is 1.